The normalized spacial score (nSPS) is 13.3. The van der Waals surface area contributed by atoms with Crippen LogP contribution < -0.4 is 0 Å². The fourth-order valence-corrected chi connectivity index (χ4v) is 2.95. The number of hydrogen-bond donors (Lipinski definition) is 0. The second-order valence-corrected chi connectivity index (χ2v) is 5.82. The molecule has 0 saturated carbocycles. The smallest absolute Gasteiger partial charge is 0.288 e. The van der Waals surface area contributed by atoms with Gasteiger partial charge >= 0.3 is 12.4 Å². The van der Waals surface area contributed by atoms with Crippen LogP contribution in [0.1, 0.15) is 27.0 Å². The summed E-state index contributed by atoms with van der Waals surface area (Å²) in [5, 5.41) is 18.2. The van der Waals surface area contributed by atoms with E-state index >= 15 is 0 Å². The van der Waals surface area contributed by atoms with Gasteiger partial charge in [-0.05, 0) is 41.0 Å². The van der Waals surface area contributed by atoms with Gasteiger partial charge in [0, 0.05) is 5.56 Å². The third kappa shape index (κ3) is 3.01. The summed E-state index contributed by atoms with van der Waals surface area (Å²) in [4.78, 5) is 12.8. The maximum absolute atomic E-state index is 13.1. The van der Waals surface area contributed by atoms with E-state index in [-0.39, 0.29) is 16.7 Å². The van der Waals surface area contributed by atoms with Crippen LogP contribution in [0.25, 0.3) is 16.7 Å². The molecule has 9 heteroatoms. The highest BCUT2D eigenvalue weighted by Gasteiger charge is 2.37. The maximum atomic E-state index is 13.1. The highest BCUT2D eigenvalue weighted by atomic mass is 19.4. The Labute approximate surface area is 153 Å². The van der Waals surface area contributed by atoms with E-state index in [1.165, 1.54) is 12.1 Å². The van der Waals surface area contributed by atoms with Crippen molar-refractivity contribution >= 4 is 11.4 Å². The molecule has 0 spiro atoms. The van der Waals surface area contributed by atoms with E-state index in [2.05, 4.69) is 0 Å². The van der Waals surface area contributed by atoms with Gasteiger partial charge < -0.3 is 0 Å². The molecule has 0 aliphatic heterocycles. The zero-order valence-electron chi connectivity index (χ0n) is 13.5. The first-order chi connectivity index (χ1) is 13.0. The Morgan fingerprint density at radius 2 is 1.14 bits per heavy atom. The van der Waals surface area contributed by atoms with Gasteiger partial charge in [-0.2, -0.15) is 36.9 Å². The van der Waals surface area contributed by atoms with Crippen molar-refractivity contribution in [2.45, 2.75) is 12.4 Å². The molecule has 0 unspecified atom stereocenters. The minimum Gasteiger partial charge on any atom is -0.288 e. The number of alkyl halides is 6. The lowest BCUT2D eigenvalue weighted by Crippen LogP contribution is -2.17. The molecule has 3 nitrogen and oxygen atoms in total. The predicted octanol–water partition coefficient (Wildman–Crippen LogP) is 5.39. The molecule has 0 radical (unpaired) electrons. The summed E-state index contributed by atoms with van der Waals surface area (Å²) in [6, 6.07) is 7.42. The van der Waals surface area contributed by atoms with Crippen molar-refractivity contribution in [1.29, 1.82) is 10.5 Å². The van der Waals surface area contributed by atoms with Gasteiger partial charge in [-0.1, -0.05) is 12.1 Å². The number of allylic oxidation sites excluding steroid dienone is 2. The molecule has 0 N–H and O–H groups in total. The first-order valence-electron chi connectivity index (χ1n) is 7.51. The summed E-state index contributed by atoms with van der Waals surface area (Å²) in [6.07, 6.45) is -9.52. The fraction of sp³-hybridized carbons (Fsp3) is 0.105. The zero-order valence-corrected chi connectivity index (χ0v) is 13.5. The van der Waals surface area contributed by atoms with Crippen LogP contribution in [0.5, 0.6) is 0 Å². The van der Waals surface area contributed by atoms with E-state index in [4.69, 9.17) is 10.5 Å². The quantitative estimate of drug-likeness (QED) is 0.343. The number of carbonyl (C=O) groups is 1. The molecule has 2 aromatic carbocycles. The highest BCUT2D eigenvalue weighted by molar-refractivity contribution is 6.35. The van der Waals surface area contributed by atoms with E-state index < -0.39 is 46.0 Å². The molecule has 0 aromatic heterocycles. The molecule has 3 rings (SSSR count). The van der Waals surface area contributed by atoms with Crippen molar-refractivity contribution < 1.29 is 31.1 Å². The van der Waals surface area contributed by atoms with Gasteiger partial charge in [-0.15, -0.1) is 0 Å². The van der Waals surface area contributed by atoms with Gasteiger partial charge in [0.1, 0.15) is 17.7 Å². The molecule has 140 valence electrons. The summed E-state index contributed by atoms with van der Waals surface area (Å²) >= 11 is 0. The average molecular weight is 392 g/mol. The zero-order chi connectivity index (χ0) is 20.9. The second-order valence-electron chi connectivity index (χ2n) is 5.82. The third-order valence-corrected chi connectivity index (χ3v) is 4.20. The lowest BCUT2D eigenvalue weighted by Gasteiger charge is -2.23. The molecule has 1 aliphatic rings. The Kier molecular flexibility index (Phi) is 4.27. The van der Waals surface area contributed by atoms with Crippen LogP contribution in [0.2, 0.25) is 0 Å². The molecule has 1 aliphatic carbocycles. The van der Waals surface area contributed by atoms with E-state index in [1.807, 2.05) is 0 Å². The largest absolute Gasteiger partial charge is 0.416 e. The maximum Gasteiger partial charge on any atom is 0.416 e. The second kappa shape index (κ2) is 6.24. The van der Waals surface area contributed by atoms with Crippen molar-refractivity contribution in [2.75, 3.05) is 0 Å². The Hall–Kier alpha value is -3.59. The summed E-state index contributed by atoms with van der Waals surface area (Å²) in [7, 11) is 0. The number of rotatable bonds is 0. The molecule has 0 heterocycles. The molecule has 0 amide bonds. The Morgan fingerprint density at radius 1 is 0.714 bits per heavy atom. The standard InChI is InChI=1S/C19H6F6N2O/c20-18(21,22)10-1-3-12-13-4-2-11(19(23,24)25)6-15(13)17(28)16(14(12)5-10)9(7-26)8-27/h1-6H. The monoisotopic (exact) mass is 392 g/mol. The molecule has 0 saturated heterocycles. The van der Waals surface area contributed by atoms with Crippen molar-refractivity contribution in [3.8, 4) is 23.3 Å². The van der Waals surface area contributed by atoms with Gasteiger partial charge in [-0.25, -0.2) is 0 Å². The molecular weight excluding hydrogens is 386 g/mol. The lowest BCUT2D eigenvalue weighted by molar-refractivity contribution is -0.138. The highest BCUT2D eigenvalue weighted by Crippen LogP contribution is 2.44. The van der Waals surface area contributed by atoms with Gasteiger partial charge in [0.05, 0.1) is 16.7 Å². The summed E-state index contributed by atoms with van der Waals surface area (Å²) in [5.41, 5.74) is -4.46. The molecule has 0 bridgehead atoms. The molecule has 2 aromatic rings. The lowest BCUT2D eigenvalue weighted by atomic mass is 9.78. The number of hydrogen-bond acceptors (Lipinski definition) is 3. The number of ketones is 1. The van der Waals surface area contributed by atoms with E-state index in [9.17, 15) is 31.1 Å². The number of nitrogens with zero attached hydrogens (tertiary/aromatic N) is 2. The van der Waals surface area contributed by atoms with E-state index in [0.29, 0.717) is 24.3 Å². The minimum atomic E-state index is -4.76. The third-order valence-electron chi connectivity index (χ3n) is 4.20. The van der Waals surface area contributed by atoms with Crippen molar-refractivity contribution in [1.82, 2.24) is 0 Å². The van der Waals surface area contributed by atoms with E-state index in [0.717, 1.165) is 12.1 Å². The number of benzene rings is 2. The predicted molar refractivity (Wildman–Crippen MR) is 84.4 cm³/mol. The van der Waals surface area contributed by atoms with Crippen molar-refractivity contribution in [3.05, 3.63) is 64.2 Å². The van der Waals surface area contributed by atoms with Crippen LogP contribution in [-0.4, -0.2) is 5.78 Å². The topological polar surface area (TPSA) is 64.7 Å². The van der Waals surface area contributed by atoms with Crippen LogP contribution in [-0.2, 0) is 12.4 Å². The van der Waals surface area contributed by atoms with Crippen LogP contribution in [0.15, 0.2) is 42.0 Å². The average Bonchev–Trinajstić information content (AvgIpc) is 2.62. The van der Waals surface area contributed by atoms with Crippen LogP contribution in [0.4, 0.5) is 26.3 Å². The van der Waals surface area contributed by atoms with Crippen molar-refractivity contribution in [2.24, 2.45) is 0 Å². The number of carbonyl (C=O) groups excluding carboxylic acids is 1. The minimum absolute atomic E-state index is 0.0132. The summed E-state index contributed by atoms with van der Waals surface area (Å²) in [6.45, 7) is 0. The summed E-state index contributed by atoms with van der Waals surface area (Å²) in [5.74, 6) is -1.12. The first-order valence-corrected chi connectivity index (χ1v) is 7.51. The SMILES string of the molecule is N#CC(C#N)=C1C(=O)c2cc(C(F)(F)F)ccc2-c2ccc(C(F)(F)F)cc21. The molecule has 0 atom stereocenters. The van der Waals surface area contributed by atoms with Gasteiger partial charge in [-0.3, -0.25) is 4.79 Å². The Morgan fingerprint density at radius 3 is 1.57 bits per heavy atom. The van der Waals surface area contributed by atoms with Crippen molar-refractivity contribution in [3.63, 3.8) is 0 Å². The number of nitriles is 2. The first kappa shape index (κ1) is 19.2. The summed E-state index contributed by atoms with van der Waals surface area (Å²) < 4.78 is 78.2. The number of Topliss-reactive ketones (excluding diaryl/α,β-unsaturated/α-hetero) is 1. The molecule has 0 fully saturated rings. The fourth-order valence-electron chi connectivity index (χ4n) is 2.95. The van der Waals surface area contributed by atoms with E-state index in [1.54, 1.807) is 0 Å². The number of halogens is 6. The molecule has 28 heavy (non-hydrogen) atoms. The van der Waals surface area contributed by atoms with Crippen LogP contribution in [0.3, 0.4) is 0 Å². The van der Waals surface area contributed by atoms with Gasteiger partial charge in [0.25, 0.3) is 0 Å². The van der Waals surface area contributed by atoms with Gasteiger partial charge in [0.15, 0.2) is 5.78 Å². The Balaban J connectivity index is 2.41. The van der Waals surface area contributed by atoms with Crippen LogP contribution >= 0.6 is 0 Å². The Bertz CT molecular complexity index is 1110. The van der Waals surface area contributed by atoms with Gasteiger partial charge in [0.2, 0.25) is 0 Å². The van der Waals surface area contributed by atoms with Crippen LogP contribution in [0, 0.1) is 22.7 Å². The molecular formula is C19H6F6N2O. The number of fused-ring (bicyclic) bond motifs is 3.